The summed E-state index contributed by atoms with van der Waals surface area (Å²) < 4.78 is 15.5. The van der Waals surface area contributed by atoms with Crippen LogP contribution in [0.25, 0.3) is 0 Å². The molecule has 0 unspecified atom stereocenters. The maximum absolute atomic E-state index is 11.7. The summed E-state index contributed by atoms with van der Waals surface area (Å²) >= 11 is 0. The molecule has 1 heterocycles. The van der Waals surface area contributed by atoms with Crippen molar-refractivity contribution in [2.24, 2.45) is 0 Å². The zero-order valence-corrected chi connectivity index (χ0v) is 11.0. The number of nitro benzene ring substituents is 1. The number of nitrogens with zero attached hydrogens (tertiary/aromatic N) is 1. The molecule has 0 bridgehead atoms. The van der Waals surface area contributed by atoms with Gasteiger partial charge in [0.1, 0.15) is 11.4 Å². The van der Waals surface area contributed by atoms with Gasteiger partial charge in [-0.3, -0.25) is 10.1 Å². The first kappa shape index (κ1) is 14.3. The first-order valence-electron chi connectivity index (χ1n) is 6.22. The van der Waals surface area contributed by atoms with Crippen LogP contribution < -0.4 is 4.74 Å². The second-order valence-corrected chi connectivity index (χ2v) is 4.77. The Kier molecular flexibility index (Phi) is 4.19. The Morgan fingerprint density at radius 1 is 1.30 bits per heavy atom. The Morgan fingerprint density at radius 3 is 2.45 bits per heavy atom. The molecule has 2 rings (SSSR count). The standard InChI is InChI=1S/C13H15NO6/c1-13(6-8-18-9-7-13)20-12(15)19-11-4-2-10(3-5-11)14(16)17/h2-5H,6-9H2,1H3. The Bertz CT molecular complexity index is 492. The van der Waals surface area contributed by atoms with Crippen molar-refractivity contribution in [1.29, 1.82) is 0 Å². The van der Waals surface area contributed by atoms with Crippen molar-refractivity contribution < 1.29 is 23.9 Å². The van der Waals surface area contributed by atoms with Gasteiger partial charge >= 0.3 is 6.16 Å². The normalized spacial score (nSPS) is 17.2. The SMILES string of the molecule is CC1(OC(=O)Oc2ccc([N+](=O)[O-])cc2)CCOCC1. The molecule has 0 aromatic heterocycles. The summed E-state index contributed by atoms with van der Waals surface area (Å²) in [7, 11) is 0. The molecule has 0 radical (unpaired) electrons. The monoisotopic (exact) mass is 281 g/mol. The quantitative estimate of drug-likeness (QED) is 0.366. The van der Waals surface area contributed by atoms with E-state index in [-0.39, 0.29) is 11.4 Å². The number of rotatable bonds is 3. The van der Waals surface area contributed by atoms with E-state index >= 15 is 0 Å². The first-order valence-corrected chi connectivity index (χ1v) is 6.22. The van der Waals surface area contributed by atoms with Crippen molar-refractivity contribution in [3.8, 4) is 5.75 Å². The number of hydrogen-bond acceptors (Lipinski definition) is 6. The van der Waals surface area contributed by atoms with Crippen molar-refractivity contribution in [3.63, 3.8) is 0 Å². The molecule has 7 heteroatoms. The minimum Gasteiger partial charge on any atom is -0.427 e. The van der Waals surface area contributed by atoms with Gasteiger partial charge in [0, 0.05) is 25.0 Å². The molecule has 0 amide bonds. The van der Waals surface area contributed by atoms with E-state index in [9.17, 15) is 14.9 Å². The van der Waals surface area contributed by atoms with Gasteiger partial charge in [0.05, 0.1) is 18.1 Å². The van der Waals surface area contributed by atoms with E-state index in [1.54, 1.807) is 0 Å². The third-order valence-electron chi connectivity index (χ3n) is 3.13. The first-order chi connectivity index (χ1) is 9.48. The van der Waals surface area contributed by atoms with E-state index in [0.717, 1.165) is 0 Å². The van der Waals surface area contributed by atoms with Crippen LogP contribution in [-0.4, -0.2) is 29.9 Å². The van der Waals surface area contributed by atoms with E-state index < -0.39 is 16.7 Å². The van der Waals surface area contributed by atoms with Crippen molar-refractivity contribution in [2.45, 2.75) is 25.4 Å². The molecule has 20 heavy (non-hydrogen) atoms. The van der Waals surface area contributed by atoms with E-state index in [4.69, 9.17) is 14.2 Å². The molecule has 7 nitrogen and oxygen atoms in total. The van der Waals surface area contributed by atoms with Crippen LogP contribution in [0.5, 0.6) is 5.75 Å². The summed E-state index contributed by atoms with van der Waals surface area (Å²) in [5.41, 5.74) is -0.655. The third-order valence-corrected chi connectivity index (χ3v) is 3.13. The third kappa shape index (κ3) is 3.67. The average molecular weight is 281 g/mol. The molecule has 1 aliphatic rings. The fraction of sp³-hybridized carbons (Fsp3) is 0.462. The number of carbonyl (C=O) groups is 1. The molecule has 1 saturated heterocycles. The van der Waals surface area contributed by atoms with Gasteiger partial charge in [0.2, 0.25) is 0 Å². The lowest BCUT2D eigenvalue weighted by molar-refractivity contribution is -0.384. The van der Waals surface area contributed by atoms with Crippen molar-refractivity contribution in [1.82, 2.24) is 0 Å². The average Bonchev–Trinajstić information content (AvgIpc) is 2.39. The summed E-state index contributed by atoms with van der Waals surface area (Å²) in [4.78, 5) is 21.7. The Labute approximate surface area is 115 Å². The van der Waals surface area contributed by atoms with E-state index in [2.05, 4.69) is 0 Å². The number of ether oxygens (including phenoxy) is 3. The summed E-state index contributed by atoms with van der Waals surface area (Å²) in [5.74, 6) is 0.205. The number of nitro groups is 1. The highest BCUT2D eigenvalue weighted by molar-refractivity contribution is 5.64. The van der Waals surface area contributed by atoms with Crippen LogP contribution >= 0.6 is 0 Å². The fourth-order valence-electron chi connectivity index (χ4n) is 1.86. The zero-order chi connectivity index (χ0) is 14.6. The highest BCUT2D eigenvalue weighted by Gasteiger charge is 2.32. The molecule has 1 aliphatic heterocycles. The number of hydrogen-bond donors (Lipinski definition) is 0. The molecular weight excluding hydrogens is 266 g/mol. The van der Waals surface area contributed by atoms with Gasteiger partial charge in [0.25, 0.3) is 5.69 Å². The maximum Gasteiger partial charge on any atom is 0.514 e. The molecule has 1 aromatic rings. The number of carbonyl (C=O) groups excluding carboxylic acids is 1. The van der Waals surface area contributed by atoms with Gasteiger partial charge in [-0.2, -0.15) is 0 Å². The highest BCUT2D eigenvalue weighted by atomic mass is 16.7. The minimum atomic E-state index is -0.816. The molecule has 0 spiro atoms. The van der Waals surface area contributed by atoms with Crippen molar-refractivity contribution >= 4 is 11.8 Å². The second kappa shape index (κ2) is 5.87. The zero-order valence-electron chi connectivity index (χ0n) is 11.0. The lowest BCUT2D eigenvalue weighted by Gasteiger charge is -2.32. The summed E-state index contributed by atoms with van der Waals surface area (Å²) in [5, 5.41) is 10.5. The van der Waals surface area contributed by atoms with Crippen LogP contribution in [0.1, 0.15) is 19.8 Å². The van der Waals surface area contributed by atoms with E-state index in [0.29, 0.717) is 26.1 Å². The van der Waals surface area contributed by atoms with Crippen LogP contribution in [0.15, 0.2) is 24.3 Å². The molecule has 0 saturated carbocycles. The number of non-ortho nitro benzene ring substituents is 1. The molecule has 0 N–H and O–H groups in total. The predicted molar refractivity (Wildman–Crippen MR) is 68.7 cm³/mol. The molecular formula is C13H15NO6. The minimum absolute atomic E-state index is 0.0675. The Balaban J connectivity index is 1.92. The Morgan fingerprint density at radius 2 is 1.90 bits per heavy atom. The fourth-order valence-corrected chi connectivity index (χ4v) is 1.86. The van der Waals surface area contributed by atoms with E-state index in [1.807, 2.05) is 6.92 Å². The van der Waals surface area contributed by atoms with Crippen LogP contribution in [0.2, 0.25) is 0 Å². The molecule has 0 atom stereocenters. The topological polar surface area (TPSA) is 87.9 Å². The molecule has 1 fully saturated rings. The molecule has 1 aromatic carbocycles. The lowest BCUT2D eigenvalue weighted by Crippen LogP contribution is -2.38. The van der Waals surface area contributed by atoms with Gasteiger partial charge in [-0.25, -0.2) is 4.79 Å². The molecule has 108 valence electrons. The largest absolute Gasteiger partial charge is 0.514 e. The lowest BCUT2D eigenvalue weighted by atomic mass is 9.97. The van der Waals surface area contributed by atoms with Gasteiger partial charge < -0.3 is 14.2 Å². The van der Waals surface area contributed by atoms with Crippen LogP contribution in [0, 0.1) is 10.1 Å². The highest BCUT2D eigenvalue weighted by Crippen LogP contribution is 2.25. The van der Waals surface area contributed by atoms with Gasteiger partial charge in [-0.1, -0.05) is 0 Å². The maximum atomic E-state index is 11.7. The van der Waals surface area contributed by atoms with Gasteiger partial charge in [0.15, 0.2) is 0 Å². The smallest absolute Gasteiger partial charge is 0.427 e. The van der Waals surface area contributed by atoms with Crippen molar-refractivity contribution in [2.75, 3.05) is 13.2 Å². The van der Waals surface area contributed by atoms with Gasteiger partial charge in [-0.15, -0.1) is 0 Å². The number of benzene rings is 1. The Hall–Kier alpha value is -2.15. The van der Waals surface area contributed by atoms with Crippen LogP contribution in [-0.2, 0) is 9.47 Å². The summed E-state index contributed by atoms with van der Waals surface area (Å²) in [6.45, 7) is 2.91. The summed E-state index contributed by atoms with van der Waals surface area (Å²) in [6, 6.07) is 5.23. The predicted octanol–water partition coefficient (Wildman–Crippen LogP) is 2.68. The van der Waals surface area contributed by atoms with Gasteiger partial charge in [-0.05, 0) is 19.1 Å². The van der Waals surface area contributed by atoms with Crippen LogP contribution in [0.4, 0.5) is 10.5 Å². The van der Waals surface area contributed by atoms with Crippen LogP contribution in [0.3, 0.4) is 0 Å². The molecule has 0 aliphatic carbocycles. The second-order valence-electron chi connectivity index (χ2n) is 4.77. The van der Waals surface area contributed by atoms with Crippen molar-refractivity contribution in [3.05, 3.63) is 34.4 Å². The van der Waals surface area contributed by atoms with E-state index in [1.165, 1.54) is 24.3 Å². The summed E-state index contributed by atoms with van der Waals surface area (Å²) in [6.07, 6.45) is 0.410.